The van der Waals surface area contributed by atoms with Crippen molar-refractivity contribution in [3.63, 3.8) is 0 Å². The fraction of sp³-hybridized carbons (Fsp3) is 0.400. The van der Waals surface area contributed by atoms with E-state index in [0.29, 0.717) is 25.7 Å². The molecule has 1 aliphatic carbocycles. The minimum Gasteiger partial charge on any atom is -0.481 e. The Balaban J connectivity index is 1.77. The maximum absolute atomic E-state index is 12.7. The average Bonchev–Trinajstić information content (AvgIpc) is 2.62. The Hall–Kier alpha value is -2.25. The summed E-state index contributed by atoms with van der Waals surface area (Å²) in [7, 11) is -3.64. The van der Waals surface area contributed by atoms with Crippen LogP contribution in [0.3, 0.4) is 0 Å². The molecule has 1 fully saturated rings. The predicted molar refractivity (Wildman–Crippen MR) is 103 cm³/mol. The van der Waals surface area contributed by atoms with Crippen molar-refractivity contribution in [3.8, 4) is 11.1 Å². The number of sulfonamides is 1. The normalized spacial score (nSPS) is 20.4. The number of carboxylic acids is 1. The number of carbonyl (C=O) groups is 1. The number of rotatable bonds is 5. The molecule has 0 amide bonds. The third-order valence-electron chi connectivity index (χ3n) is 5.22. The molecule has 1 heterocycles. The number of pyridine rings is 1. The monoisotopic (exact) mass is 388 g/mol. The number of nitrogens with one attached hydrogen (secondary N) is 1. The highest BCUT2D eigenvalue weighted by atomic mass is 32.2. The van der Waals surface area contributed by atoms with Gasteiger partial charge in [0.25, 0.3) is 0 Å². The molecule has 1 aromatic heterocycles. The van der Waals surface area contributed by atoms with Crippen molar-refractivity contribution in [2.75, 3.05) is 0 Å². The summed E-state index contributed by atoms with van der Waals surface area (Å²) in [6, 6.07) is 6.83. The van der Waals surface area contributed by atoms with E-state index in [1.54, 1.807) is 24.5 Å². The fourth-order valence-corrected chi connectivity index (χ4v) is 5.02. The van der Waals surface area contributed by atoms with Crippen LogP contribution in [-0.2, 0) is 14.8 Å². The first-order valence-corrected chi connectivity index (χ1v) is 10.5. The molecule has 0 aliphatic heterocycles. The van der Waals surface area contributed by atoms with E-state index in [4.69, 9.17) is 5.11 Å². The molecular weight excluding hydrogens is 364 g/mol. The third-order valence-corrected chi connectivity index (χ3v) is 6.74. The zero-order chi connectivity index (χ0) is 19.6. The van der Waals surface area contributed by atoms with Crippen LogP contribution in [0.4, 0.5) is 0 Å². The summed E-state index contributed by atoms with van der Waals surface area (Å²) in [5, 5.41) is 9.06. The molecule has 1 aliphatic rings. The zero-order valence-electron chi connectivity index (χ0n) is 15.5. The Bertz CT molecular complexity index is 948. The van der Waals surface area contributed by atoms with Crippen LogP contribution in [0.1, 0.15) is 36.8 Å². The molecule has 0 bridgehead atoms. The molecule has 0 spiro atoms. The SMILES string of the molecule is Cc1cnccc1-c1ccc(S(=O)(=O)NC2CCC(C(=O)O)CC2)cc1C. The van der Waals surface area contributed by atoms with Gasteiger partial charge in [0, 0.05) is 18.4 Å². The minimum atomic E-state index is -3.64. The van der Waals surface area contributed by atoms with Crippen molar-refractivity contribution in [2.24, 2.45) is 5.92 Å². The fourth-order valence-electron chi connectivity index (χ4n) is 3.63. The number of benzene rings is 1. The van der Waals surface area contributed by atoms with E-state index in [9.17, 15) is 13.2 Å². The summed E-state index contributed by atoms with van der Waals surface area (Å²) in [5.74, 6) is -1.16. The van der Waals surface area contributed by atoms with Gasteiger partial charge < -0.3 is 5.11 Å². The van der Waals surface area contributed by atoms with E-state index in [2.05, 4.69) is 9.71 Å². The van der Waals surface area contributed by atoms with Gasteiger partial charge >= 0.3 is 5.97 Å². The van der Waals surface area contributed by atoms with Crippen molar-refractivity contribution in [3.05, 3.63) is 47.8 Å². The van der Waals surface area contributed by atoms with Crippen LogP contribution in [0.15, 0.2) is 41.6 Å². The summed E-state index contributed by atoms with van der Waals surface area (Å²) in [6.45, 7) is 3.87. The highest BCUT2D eigenvalue weighted by Gasteiger charge is 2.29. The van der Waals surface area contributed by atoms with Crippen LogP contribution in [0.2, 0.25) is 0 Å². The van der Waals surface area contributed by atoms with Gasteiger partial charge in [-0.15, -0.1) is 0 Å². The largest absolute Gasteiger partial charge is 0.481 e. The van der Waals surface area contributed by atoms with Gasteiger partial charge in [-0.25, -0.2) is 13.1 Å². The zero-order valence-corrected chi connectivity index (χ0v) is 16.3. The van der Waals surface area contributed by atoms with Gasteiger partial charge in [-0.1, -0.05) is 6.07 Å². The Morgan fingerprint density at radius 3 is 2.33 bits per heavy atom. The second-order valence-electron chi connectivity index (χ2n) is 7.18. The second kappa shape index (κ2) is 7.78. The van der Waals surface area contributed by atoms with Gasteiger partial charge in [0.1, 0.15) is 0 Å². The molecule has 7 heteroatoms. The molecule has 0 saturated heterocycles. The highest BCUT2D eigenvalue weighted by molar-refractivity contribution is 7.89. The van der Waals surface area contributed by atoms with Crippen molar-refractivity contribution in [1.82, 2.24) is 9.71 Å². The summed E-state index contributed by atoms with van der Waals surface area (Å²) in [5.41, 5.74) is 3.92. The number of aryl methyl sites for hydroxylation is 2. The van der Waals surface area contributed by atoms with Gasteiger partial charge in [-0.3, -0.25) is 9.78 Å². The summed E-state index contributed by atoms with van der Waals surface area (Å²) in [6.07, 6.45) is 5.60. The molecule has 2 N–H and O–H groups in total. The van der Waals surface area contributed by atoms with Gasteiger partial charge in [0.2, 0.25) is 10.0 Å². The van der Waals surface area contributed by atoms with Gasteiger partial charge in [0.05, 0.1) is 10.8 Å². The lowest BCUT2D eigenvalue weighted by Crippen LogP contribution is -2.38. The predicted octanol–water partition coefficient (Wildman–Crippen LogP) is 3.29. The average molecular weight is 388 g/mol. The van der Waals surface area contributed by atoms with E-state index in [1.807, 2.05) is 26.0 Å². The minimum absolute atomic E-state index is 0.215. The van der Waals surface area contributed by atoms with Crippen molar-refractivity contribution in [2.45, 2.75) is 50.5 Å². The molecule has 6 nitrogen and oxygen atoms in total. The number of hydrogen-bond donors (Lipinski definition) is 2. The Morgan fingerprint density at radius 2 is 1.74 bits per heavy atom. The summed E-state index contributed by atoms with van der Waals surface area (Å²) < 4.78 is 28.2. The van der Waals surface area contributed by atoms with E-state index in [0.717, 1.165) is 22.3 Å². The van der Waals surface area contributed by atoms with E-state index < -0.39 is 16.0 Å². The number of aromatic nitrogens is 1. The molecule has 2 aromatic rings. The van der Waals surface area contributed by atoms with Crippen LogP contribution in [0, 0.1) is 19.8 Å². The smallest absolute Gasteiger partial charge is 0.306 e. The molecule has 0 atom stereocenters. The van der Waals surface area contributed by atoms with Crippen LogP contribution in [0.25, 0.3) is 11.1 Å². The first-order valence-electron chi connectivity index (χ1n) is 9.04. The quantitative estimate of drug-likeness (QED) is 0.819. The van der Waals surface area contributed by atoms with Crippen LogP contribution in [-0.4, -0.2) is 30.5 Å². The first kappa shape index (κ1) is 19.5. The molecule has 3 rings (SSSR count). The van der Waals surface area contributed by atoms with Crippen molar-refractivity contribution < 1.29 is 18.3 Å². The second-order valence-corrected chi connectivity index (χ2v) is 8.89. The van der Waals surface area contributed by atoms with Crippen molar-refractivity contribution in [1.29, 1.82) is 0 Å². The lowest BCUT2D eigenvalue weighted by atomic mass is 9.87. The number of carboxylic acid groups (broad SMARTS) is 1. The maximum atomic E-state index is 12.7. The van der Waals surface area contributed by atoms with Gasteiger partial charge in [-0.05, 0) is 80.0 Å². The molecule has 0 radical (unpaired) electrons. The molecule has 0 unspecified atom stereocenters. The first-order chi connectivity index (χ1) is 12.8. The lowest BCUT2D eigenvalue weighted by molar-refractivity contribution is -0.142. The highest BCUT2D eigenvalue weighted by Crippen LogP contribution is 2.29. The van der Waals surface area contributed by atoms with Crippen LogP contribution < -0.4 is 4.72 Å². The topological polar surface area (TPSA) is 96.4 Å². The number of aliphatic carboxylic acids is 1. The maximum Gasteiger partial charge on any atom is 0.306 e. The van der Waals surface area contributed by atoms with Gasteiger partial charge in [0.15, 0.2) is 0 Å². The summed E-state index contributed by atoms with van der Waals surface area (Å²) in [4.78, 5) is 15.4. The molecular formula is C20H24N2O4S. The standard InChI is InChI=1S/C20H24N2O4S/c1-13-11-17(7-8-18(13)19-9-10-21-12-14(19)2)27(25,26)22-16-5-3-15(4-6-16)20(23)24/h7-12,15-16,22H,3-6H2,1-2H3,(H,23,24). The Morgan fingerprint density at radius 1 is 1.07 bits per heavy atom. The molecule has 144 valence electrons. The van der Waals surface area contributed by atoms with Crippen LogP contribution >= 0.6 is 0 Å². The third kappa shape index (κ3) is 4.36. The van der Waals surface area contributed by atoms with Gasteiger partial charge in [-0.2, -0.15) is 0 Å². The van der Waals surface area contributed by atoms with E-state index >= 15 is 0 Å². The molecule has 1 aromatic carbocycles. The Labute approximate surface area is 159 Å². The van der Waals surface area contributed by atoms with Crippen molar-refractivity contribution >= 4 is 16.0 Å². The van der Waals surface area contributed by atoms with E-state index in [-0.39, 0.29) is 16.9 Å². The van der Waals surface area contributed by atoms with Crippen LogP contribution in [0.5, 0.6) is 0 Å². The summed E-state index contributed by atoms with van der Waals surface area (Å²) >= 11 is 0. The van der Waals surface area contributed by atoms with E-state index in [1.165, 1.54) is 0 Å². The molecule has 27 heavy (non-hydrogen) atoms. The number of nitrogens with zero attached hydrogens (tertiary/aromatic N) is 1. The Kier molecular flexibility index (Phi) is 5.62. The lowest BCUT2D eigenvalue weighted by Gasteiger charge is -2.26. The molecule has 1 saturated carbocycles. The number of hydrogen-bond acceptors (Lipinski definition) is 4.